The van der Waals surface area contributed by atoms with Crippen LogP contribution < -0.4 is 5.32 Å². The summed E-state index contributed by atoms with van der Waals surface area (Å²) in [6, 6.07) is 0. The highest BCUT2D eigenvalue weighted by atomic mass is 16.6. The second-order valence-corrected chi connectivity index (χ2v) is 9.89. The molecule has 0 aliphatic rings. The van der Waals surface area contributed by atoms with Gasteiger partial charge in [-0.2, -0.15) is 0 Å². The Hall–Kier alpha value is -2.33. The number of rotatable bonds is 41. The van der Waals surface area contributed by atoms with E-state index in [1.807, 2.05) is 0 Å². The second-order valence-electron chi connectivity index (χ2n) is 9.89. The highest BCUT2D eigenvalue weighted by Gasteiger charge is 2.04. The third-order valence-electron chi connectivity index (χ3n) is 5.56. The zero-order valence-electron chi connectivity index (χ0n) is 29.6. The number of carbonyl (C=O) groups is 3. The number of hydrogen-bond donors (Lipinski definition) is 2. The van der Waals surface area contributed by atoms with Gasteiger partial charge in [-0.3, -0.25) is 4.79 Å². The molecule has 0 spiro atoms. The van der Waals surface area contributed by atoms with Crippen molar-refractivity contribution in [2.75, 3.05) is 172 Å². The summed E-state index contributed by atoms with van der Waals surface area (Å²) in [5.74, 6) is -1.95. The second kappa shape index (κ2) is 39.5. The normalized spacial score (nSPS) is 11.1. The molecular formula is C32H59NO17. The average molecular weight is 730 g/mol. The third kappa shape index (κ3) is 40.1. The smallest absolute Gasteiger partial charge is 0.333 e. The number of hydrogen-bond acceptors (Lipinski definition) is 16. The van der Waals surface area contributed by atoms with Crippen molar-refractivity contribution in [3.8, 4) is 0 Å². The van der Waals surface area contributed by atoms with Gasteiger partial charge in [0.05, 0.1) is 145 Å². The van der Waals surface area contributed by atoms with Crippen LogP contribution in [0.2, 0.25) is 0 Å². The monoisotopic (exact) mass is 729 g/mol. The first kappa shape index (κ1) is 47.7. The van der Waals surface area contributed by atoms with Gasteiger partial charge in [0.15, 0.2) is 0 Å². The summed E-state index contributed by atoms with van der Waals surface area (Å²) in [7, 11) is 0. The van der Waals surface area contributed by atoms with Crippen LogP contribution >= 0.6 is 0 Å². The van der Waals surface area contributed by atoms with Gasteiger partial charge in [-0.15, -0.1) is 0 Å². The van der Waals surface area contributed by atoms with Gasteiger partial charge < -0.3 is 72.0 Å². The van der Waals surface area contributed by atoms with Crippen LogP contribution in [0, 0.1) is 0 Å². The lowest BCUT2D eigenvalue weighted by Crippen LogP contribution is -2.31. The van der Waals surface area contributed by atoms with E-state index in [4.69, 9.17) is 61.9 Å². The maximum Gasteiger partial charge on any atom is 0.333 e. The average Bonchev–Trinajstić information content (AvgIpc) is 3.09. The van der Waals surface area contributed by atoms with Crippen LogP contribution in [0.25, 0.3) is 0 Å². The fourth-order valence-corrected chi connectivity index (χ4v) is 3.16. The summed E-state index contributed by atoms with van der Waals surface area (Å²) in [5.41, 5.74) is 0.362. The number of aliphatic carboxylic acids is 1. The first-order chi connectivity index (χ1) is 24.4. The van der Waals surface area contributed by atoms with Crippen molar-refractivity contribution < 1.29 is 81.1 Å². The molecule has 50 heavy (non-hydrogen) atoms. The van der Waals surface area contributed by atoms with Gasteiger partial charge in [0.25, 0.3) is 0 Å². The number of carbonyl (C=O) groups excluding carboxylic acids is 2. The van der Waals surface area contributed by atoms with Crippen LogP contribution in [-0.2, 0) is 76.0 Å². The van der Waals surface area contributed by atoms with Gasteiger partial charge in [0, 0.05) is 12.1 Å². The highest BCUT2D eigenvalue weighted by Crippen LogP contribution is 1.92. The molecule has 0 aliphatic carbocycles. The molecular weight excluding hydrogens is 670 g/mol. The van der Waals surface area contributed by atoms with Gasteiger partial charge in [-0.05, 0) is 6.92 Å². The quantitative estimate of drug-likeness (QED) is 0.0463. The lowest BCUT2D eigenvalue weighted by atomic mass is 10.4. The molecule has 294 valence electrons. The number of ether oxygens (including phenoxy) is 13. The minimum Gasteiger partial charge on any atom is -0.480 e. The van der Waals surface area contributed by atoms with E-state index in [1.54, 1.807) is 6.92 Å². The van der Waals surface area contributed by atoms with Gasteiger partial charge in [0.1, 0.15) is 19.8 Å². The Morgan fingerprint density at radius 2 is 0.720 bits per heavy atom. The summed E-state index contributed by atoms with van der Waals surface area (Å²) in [6.45, 7) is 14.4. The standard InChI is InChI=1S/C32H59NO17/c1-29(2)32(37)50-26-25-48-24-23-47-22-21-46-20-19-45-18-17-44-16-15-43-14-13-42-12-11-41-10-9-40-8-7-39-6-5-38-4-3-33-30(34)27-49-28-31(35)36/h1,3-28H2,2H3,(H,33,34)(H,35,36). The molecule has 0 saturated carbocycles. The summed E-state index contributed by atoms with van der Waals surface area (Å²) in [4.78, 5) is 32.8. The Labute approximate surface area is 295 Å². The topological polar surface area (TPSA) is 203 Å². The van der Waals surface area contributed by atoms with Crippen LogP contribution in [0.4, 0.5) is 0 Å². The fraction of sp³-hybridized carbons (Fsp3) is 0.844. The molecule has 1 amide bonds. The summed E-state index contributed by atoms with van der Waals surface area (Å²) >= 11 is 0. The van der Waals surface area contributed by atoms with E-state index >= 15 is 0 Å². The first-order valence-electron chi connectivity index (χ1n) is 16.7. The lowest BCUT2D eigenvalue weighted by molar-refractivity contribution is -0.144. The summed E-state index contributed by atoms with van der Waals surface area (Å²) in [6.07, 6.45) is 0. The molecule has 0 saturated heterocycles. The van der Waals surface area contributed by atoms with E-state index in [9.17, 15) is 14.4 Å². The molecule has 0 heterocycles. The molecule has 0 aromatic rings. The number of carboxylic acids is 1. The Morgan fingerprint density at radius 1 is 0.440 bits per heavy atom. The SMILES string of the molecule is C=C(C)C(=O)OCCOCCOCCOCCOCCOCCOCCOCCOCCOCCOCCOCCNC(=O)COCC(=O)O. The molecule has 18 nitrogen and oxygen atoms in total. The lowest BCUT2D eigenvalue weighted by Gasteiger charge is -2.09. The molecule has 0 radical (unpaired) electrons. The maximum absolute atomic E-state index is 11.4. The fourth-order valence-electron chi connectivity index (χ4n) is 3.16. The van der Waals surface area contributed by atoms with Crippen LogP contribution in [0.1, 0.15) is 6.92 Å². The number of nitrogens with one attached hydrogen (secondary N) is 1. The minimum absolute atomic E-state index is 0.189. The summed E-state index contributed by atoms with van der Waals surface area (Å²) < 4.78 is 69.1. The van der Waals surface area contributed by atoms with E-state index in [0.717, 1.165) is 0 Å². The molecule has 0 rings (SSSR count). The molecule has 2 N–H and O–H groups in total. The predicted octanol–water partition coefficient (Wildman–Crippen LogP) is -0.494. The van der Waals surface area contributed by atoms with Crippen molar-refractivity contribution in [3.63, 3.8) is 0 Å². The Bertz CT molecular complexity index is 805. The zero-order chi connectivity index (χ0) is 36.6. The van der Waals surface area contributed by atoms with E-state index in [-0.39, 0.29) is 13.2 Å². The number of esters is 1. The van der Waals surface area contributed by atoms with Crippen molar-refractivity contribution in [3.05, 3.63) is 12.2 Å². The Balaban J connectivity index is 3.11. The number of amides is 1. The zero-order valence-corrected chi connectivity index (χ0v) is 29.6. The van der Waals surface area contributed by atoms with E-state index in [1.165, 1.54) is 0 Å². The van der Waals surface area contributed by atoms with Crippen LogP contribution in [0.5, 0.6) is 0 Å². The van der Waals surface area contributed by atoms with Crippen molar-refractivity contribution in [1.82, 2.24) is 5.32 Å². The van der Waals surface area contributed by atoms with E-state index < -0.39 is 24.5 Å². The Morgan fingerprint density at radius 3 is 1.00 bits per heavy atom. The van der Waals surface area contributed by atoms with E-state index in [2.05, 4.69) is 16.6 Å². The predicted molar refractivity (Wildman–Crippen MR) is 176 cm³/mol. The van der Waals surface area contributed by atoms with Crippen LogP contribution in [-0.4, -0.2) is 195 Å². The Kier molecular flexibility index (Phi) is 37.6. The molecule has 18 heteroatoms. The molecule has 0 unspecified atom stereocenters. The largest absolute Gasteiger partial charge is 0.480 e. The van der Waals surface area contributed by atoms with E-state index in [0.29, 0.717) is 157 Å². The van der Waals surface area contributed by atoms with Gasteiger partial charge in [-0.25, -0.2) is 9.59 Å². The third-order valence-corrected chi connectivity index (χ3v) is 5.56. The van der Waals surface area contributed by atoms with Gasteiger partial charge >= 0.3 is 11.9 Å². The summed E-state index contributed by atoms with van der Waals surface area (Å²) in [5, 5.41) is 11.0. The van der Waals surface area contributed by atoms with Crippen molar-refractivity contribution in [2.45, 2.75) is 6.92 Å². The van der Waals surface area contributed by atoms with Crippen LogP contribution in [0.3, 0.4) is 0 Å². The van der Waals surface area contributed by atoms with Gasteiger partial charge in [0.2, 0.25) is 5.91 Å². The van der Waals surface area contributed by atoms with Crippen molar-refractivity contribution in [1.29, 1.82) is 0 Å². The number of carboxylic acid groups (broad SMARTS) is 1. The van der Waals surface area contributed by atoms with Crippen LogP contribution in [0.15, 0.2) is 12.2 Å². The van der Waals surface area contributed by atoms with Crippen molar-refractivity contribution in [2.24, 2.45) is 0 Å². The minimum atomic E-state index is -1.13. The highest BCUT2D eigenvalue weighted by molar-refractivity contribution is 5.86. The van der Waals surface area contributed by atoms with Crippen molar-refractivity contribution >= 4 is 17.8 Å². The molecule has 0 aromatic heterocycles. The molecule has 0 aliphatic heterocycles. The molecule has 0 bridgehead atoms. The molecule has 0 aromatic carbocycles. The first-order valence-corrected chi connectivity index (χ1v) is 16.7. The van der Waals surface area contributed by atoms with Gasteiger partial charge in [-0.1, -0.05) is 6.58 Å². The maximum atomic E-state index is 11.4. The molecule has 0 fully saturated rings. The molecule has 0 atom stereocenters.